The molecule has 2 aromatic carbocycles. The molecule has 1 atom stereocenters. The fraction of sp³-hybridized carbons (Fsp3) is 0.174. The van der Waals surface area contributed by atoms with Gasteiger partial charge in [0.15, 0.2) is 5.17 Å². The van der Waals surface area contributed by atoms with Crippen molar-refractivity contribution >= 4 is 28.5 Å². The fourth-order valence-corrected chi connectivity index (χ4v) is 4.61. The van der Waals surface area contributed by atoms with Crippen LogP contribution in [0.3, 0.4) is 0 Å². The van der Waals surface area contributed by atoms with E-state index in [9.17, 15) is 10.1 Å². The highest BCUT2D eigenvalue weighted by molar-refractivity contribution is 8.17. The van der Waals surface area contributed by atoms with Crippen molar-refractivity contribution in [2.45, 2.75) is 13.0 Å². The number of amides is 1. The predicted molar refractivity (Wildman–Crippen MR) is 124 cm³/mol. The number of carbonyl (C=O) groups is 1. The van der Waals surface area contributed by atoms with Crippen LogP contribution in [0.15, 0.2) is 75.5 Å². The number of carbonyl (C=O) groups excluding carboxylic acids is 1. The second kappa shape index (κ2) is 8.69. The molecule has 2 aromatic rings. The number of thioether (sulfide) groups is 1. The molecule has 0 spiro atoms. The van der Waals surface area contributed by atoms with E-state index < -0.39 is 6.04 Å². The second-order valence-corrected chi connectivity index (χ2v) is 8.00. The van der Waals surface area contributed by atoms with E-state index in [-0.39, 0.29) is 11.7 Å². The molecule has 9 heteroatoms. The number of nitriles is 1. The normalized spacial score (nSPS) is 17.5. The summed E-state index contributed by atoms with van der Waals surface area (Å²) in [4.78, 5) is 20.1. The molecule has 0 unspecified atom stereocenters. The Morgan fingerprint density at radius 3 is 2.62 bits per heavy atom. The number of rotatable bonds is 5. The molecule has 2 aliphatic rings. The van der Waals surface area contributed by atoms with Crippen molar-refractivity contribution in [2.24, 2.45) is 10.7 Å². The number of nitrogens with zero attached hydrogens (tertiary/aromatic N) is 3. The highest BCUT2D eigenvalue weighted by Crippen LogP contribution is 2.47. The van der Waals surface area contributed by atoms with Gasteiger partial charge in [-0.1, -0.05) is 18.2 Å². The number of amidine groups is 1. The number of hydrogen-bond acceptors (Lipinski definition) is 8. The Morgan fingerprint density at radius 2 is 1.97 bits per heavy atom. The summed E-state index contributed by atoms with van der Waals surface area (Å²) >= 11 is 1.18. The number of allylic oxidation sites excluding steroid dienone is 2. The number of methoxy groups -OCH3 is 2. The Morgan fingerprint density at radius 1 is 1.22 bits per heavy atom. The third-order valence-corrected chi connectivity index (χ3v) is 6.16. The van der Waals surface area contributed by atoms with Gasteiger partial charge < -0.3 is 20.5 Å². The van der Waals surface area contributed by atoms with Crippen molar-refractivity contribution in [3.05, 3.63) is 76.1 Å². The molecule has 2 heterocycles. The van der Waals surface area contributed by atoms with E-state index in [1.807, 2.05) is 18.2 Å². The van der Waals surface area contributed by atoms with Gasteiger partial charge in [-0.15, -0.1) is 0 Å². The number of anilines is 1. The summed E-state index contributed by atoms with van der Waals surface area (Å²) in [5, 5.41) is 13.0. The predicted octanol–water partition coefficient (Wildman–Crippen LogP) is 3.73. The number of para-hydroxylation sites is 1. The smallest absolute Gasteiger partial charge is 0.255 e. The van der Waals surface area contributed by atoms with Crippen LogP contribution in [-0.4, -0.2) is 30.2 Å². The van der Waals surface area contributed by atoms with Crippen LogP contribution in [0.4, 0.5) is 5.69 Å². The summed E-state index contributed by atoms with van der Waals surface area (Å²) in [6, 6.07) is 16.0. The van der Waals surface area contributed by atoms with Gasteiger partial charge in [0, 0.05) is 11.3 Å². The topological polar surface area (TPSA) is 113 Å². The molecule has 0 radical (unpaired) electrons. The number of fused-ring (bicyclic) bond motifs is 1. The number of nitrogens with two attached hydrogens (primary N) is 1. The molecule has 162 valence electrons. The Labute approximate surface area is 190 Å². The van der Waals surface area contributed by atoms with Gasteiger partial charge in [-0.05, 0) is 49.0 Å². The third-order valence-electron chi connectivity index (χ3n) is 5.19. The molecule has 1 amide bonds. The molecule has 0 fully saturated rings. The minimum atomic E-state index is -0.672. The van der Waals surface area contributed by atoms with Crippen molar-refractivity contribution in [1.29, 1.82) is 5.26 Å². The molecule has 32 heavy (non-hydrogen) atoms. The van der Waals surface area contributed by atoms with Crippen molar-refractivity contribution in [2.75, 3.05) is 19.5 Å². The van der Waals surface area contributed by atoms with Gasteiger partial charge in [0.05, 0.1) is 31.5 Å². The summed E-state index contributed by atoms with van der Waals surface area (Å²) in [6.07, 6.45) is 0. The van der Waals surface area contributed by atoms with E-state index in [1.165, 1.54) is 11.8 Å². The van der Waals surface area contributed by atoms with E-state index in [0.717, 1.165) is 0 Å². The summed E-state index contributed by atoms with van der Waals surface area (Å²) in [5.41, 5.74) is 8.59. The van der Waals surface area contributed by atoms with Crippen LogP contribution in [0.25, 0.3) is 0 Å². The average molecular weight is 448 g/mol. The number of aliphatic imine (C=N–C) groups is 1. The lowest BCUT2D eigenvalue weighted by atomic mass is 9.92. The van der Waals surface area contributed by atoms with Gasteiger partial charge in [0.1, 0.15) is 28.3 Å². The summed E-state index contributed by atoms with van der Waals surface area (Å²) < 4.78 is 11.0. The van der Waals surface area contributed by atoms with E-state index in [4.69, 9.17) is 15.2 Å². The molecule has 0 saturated carbocycles. The first-order valence-electron chi connectivity index (χ1n) is 9.73. The molecule has 0 saturated heterocycles. The van der Waals surface area contributed by atoms with Gasteiger partial charge in [-0.3, -0.25) is 9.69 Å². The molecule has 0 bridgehead atoms. The van der Waals surface area contributed by atoms with Crippen molar-refractivity contribution in [1.82, 2.24) is 4.90 Å². The zero-order valence-electron chi connectivity index (χ0n) is 17.7. The Bertz CT molecular complexity index is 1210. The van der Waals surface area contributed by atoms with E-state index >= 15 is 0 Å². The highest BCUT2D eigenvalue weighted by atomic mass is 32.2. The monoisotopic (exact) mass is 447 g/mol. The lowest BCUT2D eigenvalue weighted by Gasteiger charge is -2.36. The van der Waals surface area contributed by atoms with Crippen LogP contribution >= 0.6 is 11.8 Å². The molecule has 3 N–H and O–H groups in total. The van der Waals surface area contributed by atoms with Crippen LogP contribution in [0.1, 0.15) is 18.5 Å². The standard InChI is InChI=1S/C23H21N5O3S/c1-13-19(22(29)27-14-7-5-4-6-8-14)20(16-11-15(30-2)9-10-17(16)31-3)28-21(25)18(12-24)32-23(28)26-13/h4-11,20H,25H2,1-3H3,(H,27,29)/t20-/m0/s1. The van der Waals surface area contributed by atoms with Crippen LogP contribution in [0.2, 0.25) is 0 Å². The quantitative estimate of drug-likeness (QED) is 0.718. The first kappa shape index (κ1) is 21.3. The van der Waals surface area contributed by atoms with Crippen LogP contribution in [-0.2, 0) is 4.79 Å². The zero-order valence-corrected chi connectivity index (χ0v) is 18.6. The summed E-state index contributed by atoms with van der Waals surface area (Å²) in [6.45, 7) is 1.77. The lowest BCUT2D eigenvalue weighted by molar-refractivity contribution is -0.113. The maximum Gasteiger partial charge on any atom is 0.255 e. The SMILES string of the molecule is COc1ccc(OC)c([C@H]2C(C(=O)Nc3ccccc3)=C(C)N=C3SC(C#N)=C(N)N32)c1. The zero-order chi connectivity index (χ0) is 22.8. The average Bonchev–Trinajstić information content (AvgIpc) is 3.13. The van der Waals surface area contributed by atoms with Crippen LogP contribution < -0.4 is 20.5 Å². The van der Waals surface area contributed by atoms with Crippen LogP contribution in [0, 0.1) is 11.3 Å². The van der Waals surface area contributed by atoms with Gasteiger partial charge in [0.25, 0.3) is 5.91 Å². The first-order chi connectivity index (χ1) is 15.5. The minimum Gasteiger partial charge on any atom is -0.497 e. The Balaban J connectivity index is 1.89. The largest absolute Gasteiger partial charge is 0.497 e. The molecule has 4 rings (SSSR count). The highest BCUT2D eigenvalue weighted by Gasteiger charge is 2.43. The van der Waals surface area contributed by atoms with Gasteiger partial charge >= 0.3 is 0 Å². The Hall–Kier alpha value is -3.90. The first-order valence-corrected chi connectivity index (χ1v) is 10.5. The molecule has 8 nitrogen and oxygen atoms in total. The molecule has 0 aliphatic carbocycles. The molecule has 2 aliphatic heterocycles. The second-order valence-electron chi connectivity index (χ2n) is 7.02. The molecular weight excluding hydrogens is 426 g/mol. The lowest BCUT2D eigenvalue weighted by Crippen LogP contribution is -2.39. The number of nitrogens with one attached hydrogen (secondary N) is 1. The van der Waals surface area contributed by atoms with Crippen LogP contribution in [0.5, 0.6) is 11.5 Å². The number of ether oxygens (including phenoxy) is 2. The summed E-state index contributed by atoms with van der Waals surface area (Å²) in [7, 11) is 3.12. The maximum atomic E-state index is 13.5. The van der Waals surface area contributed by atoms with Crippen molar-refractivity contribution in [3.63, 3.8) is 0 Å². The maximum absolute atomic E-state index is 13.5. The third kappa shape index (κ3) is 3.65. The van der Waals surface area contributed by atoms with Crippen molar-refractivity contribution < 1.29 is 14.3 Å². The summed E-state index contributed by atoms with van der Waals surface area (Å²) in [5.74, 6) is 1.07. The van der Waals surface area contributed by atoms with E-state index in [1.54, 1.807) is 56.4 Å². The van der Waals surface area contributed by atoms with Gasteiger partial charge in [-0.25, -0.2) is 4.99 Å². The van der Waals surface area contributed by atoms with Gasteiger partial charge in [-0.2, -0.15) is 5.26 Å². The minimum absolute atomic E-state index is 0.239. The number of hydrogen-bond donors (Lipinski definition) is 2. The van der Waals surface area contributed by atoms with Gasteiger partial charge in [0.2, 0.25) is 0 Å². The molecule has 0 aromatic heterocycles. The van der Waals surface area contributed by atoms with Crippen molar-refractivity contribution in [3.8, 4) is 17.6 Å². The molecular formula is C23H21N5O3S. The van der Waals surface area contributed by atoms with E-state index in [0.29, 0.717) is 44.1 Å². The van der Waals surface area contributed by atoms with E-state index in [2.05, 4.69) is 16.4 Å². The fourth-order valence-electron chi connectivity index (χ4n) is 3.70. The Kier molecular flexibility index (Phi) is 5.79. The number of benzene rings is 2.